The van der Waals surface area contributed by atoms with E-state index < -0.39 is 0 Å². The number of primary amides is 1. The summed E-state index contributed by atoms with van der Waals surface area (Å²) >= 11 is 0. The molecule has 0 aliphatic heterocycles. The third-order valence-electron chi connectivity index (χ3n) is 8.73. The van der Waals surface area contributed by atoms with Crippen molar-refractivity contribution in [1.82, 2.24) is 5.32 Å². The van der Waals surface area contributed by atoms with Crippen LogP contribution in [0.4, 0.5) is 0 Å². The summed E-state index contributed by atoms with van der Waals surface area (Å²) < 4.78 is 0. The predicted molar refractivity (Wildman–Crippen MR) is 176 cm³/mol. The van der Waals surface area contributed by atoms with Crippen LogP contribution in [0.2, 0.25) is 0 Å². The minimum absolute atomic E-state index is 0.0720. The van der Waals surface area contributed by atoms with E-state index in [1.54, 1.807) is 0 Å². The van der Waals surface area contributed by atoms with Crippen LogP contribution in [0.25, 0.3) is 0 Å². The first-order valence-electron chi connectivity index (χ1n) is 18.1. The van der Waals surface area contributed by atoms with Crippen molar-refractivity contribution in [1.29, 1.82) is 0 Å². The molecule has 3 N–H and O–H groups in total. The second-order valence-electron chi connectivity index (χ2n) is 12.7. The van der Waals surface area contributed by atoms with Crippen LogP contribution < -0.4 is 11.1 Å². The van der Waals surface area contributed by atoms with Crippen LogP contribution in [-0.2, 0) is 9.59 Å². The van der Waals surface area contributed by atoms with E-state index in [1.165, 1.54) is 148 Å². The molecule has 2 amide bonds. The summed E-state index contributed by atoms with van der Waals surface area (Å²) in [6.45, 7) is 6.49. The summed E-state index contributed by atoms with van der Waals surface area (Å²) in [5, 5.41) is 3.06. The third kappa shape index (κ3) is 27.1. The van der Waals surface area contributed by atoms with Crippen LogP contribution >= 0.6 is 0 Å². The molecular weight excluding hydrogens is 492 g/mol. The van der Waals surface area contributed by atoms with Crippen LogP contribution in [0.5, 0.6) is 0 Å². The third-order valence-corrected chi connectivity index (χ3v) is 8.73. The van der Waals surface area contributed by atoms with Crippen molar-refractivity contribution in [2.24, 2.45) is 11.7 Å². The molecule has 4 nitrogen and oxygen atoms in total. The summed E-state index contributed by atoms with van der Waals surface area (Å²) in [5.74, 6) is -0.459. The molecule has 0 bridgehead atoms. The Morgan fingerprint density at radius 3 is 1.12 bits per heavy atom. The van der Waals surface area contributed by atoms with Crippen LogP contribution in [0.1, 0.15) is 207 Å². The zero-order chi connectivity index (χ0) is 29.5. The van der Waals surface area contributed by atoms with E-state index in [4.69, 9.17) is 5.73 Å². The molecule has 0 aliphatic carbocycles. The van der Waals surface area contributed by atoms with Gasteiger partial charge in [0.05, 0.1) is 5.92 Å². The summed E-state index contributed by atoms with van der Waals surface area (Å²) in [7, 11) is 0. The van der Waals surface area contributed by atoms with E-state index in [1.807, 2.05) is 6.92 Å². The van der Waals surface area contributed by atoms with Gasteiger partial charge in [-0.15, -0.1) is 0 Å². The average Bonchev–Trinajstić information content (AvgIpc) is 2.93. The minimum Gasteiger partial charge on any atom is -0.369 e. The number of unbranched alkanes of at least 4 members (excludes halogenated alkanes) is 25. The Morgan fingerprint density at radius 1 is 0.500 bits per heavy atom. The van der Waals surface area contributed by atoms with Gasteiger partial charge in [0, 0.05) is 12.5 Å². The van der Waals surface area contributed by atoms with Gasteiger partial charge in [-0.2, -0.15) is 0 Å². The standard InChI is InChI=1S/C36H72N2O2/c1-4-6-8-10-12-14-16-18-20-21-23-25-27-29-31-34(36(37)40)33(3)38-35(39)32-30-28-26-24-22-19-17-15-13-11-9-7-5-2/h33-34H,4-32H2,1-3H3,(H2,37,40)(H,38,39). The molecule has 0 saturated carbocycles. The molecule has 0 rings (SSSR count). The molecule has 40 heavy (non-hydrogen) atoms. The fourth-order valence-corrected chi connectivity index (χ4v) is 5.93. The Balaban J connectivity index is 3.67. The lowest BCUT2D eigenvalue weighted by molar-refractivity contribution is -0.125. The Morgan fingerprint density at radius 2 is 0.800 bits per heavy atom. The summed E-state index contributed by atoms with van der Waals surface area (Å²) in [4.78, 5) is 24.5. The molecule has 0 aromatic heterocycles. The smallest absolute Gasteiger partial charge is 0.222 e. The van der Waals surface area contributed by atoms with Crippen molar-refractivity contribution in [2.45, 2.75) is 213 Å². The second-order valence-corrected chi connectivity index (χ2v) is 12.7. The maximum atomic E-state index is 12.4. The van der Waals surface area contributed by atoms with E-state index in [9.17, 15) is 9.59 Å². The molecule has 0 aromatic rings. The Bertz CT molecular complexity index is 551. The maximum absolute atomic E-state index is 12.4. The van der Waals surface area contributed by atoms with Crippen molar-refractivity contribution in [3.05, 3.63) is 0 Å². The monoisotopic (exact) mass is 565 g/mol. The Labute approximate surface area is 251 Å². The molecule has 2 atom stereocenters. The fraction of sp³-hybridized carbons (Fsp3) is 0.944. The first-order valence-corrected chi connectivity index (χ1v) is 18.1. The topological polar surface area (TPSA) is 72.2 Å². The van der Waals surface area contributed by atoms with Gasteiger partial charge in [-0.25, -0.2) is 0 Å². The van der Waals surface area contributed by atoms with Crippen molar-refractivity contribution in [3.8, 4) is 0 Å². The molecular formula is C36H72N2O2. The van der Waals surface area contributed by atoms with Gasteiger partial charge < -0.3 is 11.1 Å². The Kier molecular flexibility index (Phi) is 30.1. The van der Waals surface area contributed by atoms with Gasteiger partial charge in [0.25, 0.3) is 0 Å². The summed E-state index contributed by atoms with van der Waals surface area (Å²) in [5.41, 5.74) is 5.70. The molecule has 0 spiro atoms. The largest absolute Gasteiger partial charge is 0.369 e. The minimum atomic E-state index is -0.275. The number of hydrogen-bond donors (Lipinski definition) is 2. The lowest BCUT2D eigenvalue weighted by atomic mass is 9.93. The molecule has 2 unspecified atom stereocenters. The molecule has 0 radical (unpaired) electrons. The predicted octanol–water partition coefficient (Wildman–Crippen LogP) is 10.9. The van der Waals surface area contributed by atoms with Crippen molar-refractivity contribution in [2.75, 3.05) is 0 Å². The lowest BCUT2D eigenvalue weighted by Gasteiger charge is -2.22. The van der Waals surface area contributed by atoms with Crippen molar-refractivity contribution < 1.29 is 9.59 Å². The molecule has 0 heterocycles. The highest BCUT2D eigenvalue weighted by atomic mass is 16.2. The highest BCUT2D eigenvalue weighted by molar-refractivity contribution is 5.80. The lowest BCUT2D eigenvalue weighted by Crippen LogP contribution is -2.43. The van der Waals surface area contributed by atoms with Crippen LogP contribution in [0.3, 0.4) is 0 Å². The number of rotatable bonds is 32. The van der Waals surface area contributed by atoms with E-state index in [-0.39, 0.29) is 23.8 Å². The van der Waals surface area contributed by atoms with Gasteiger partial charge in [-0.1, -0.05) is 181 Å². The van der Waals surface area contributed by atoms with Gasteiger partial charge in [-0.05, 0) is 19.8 Å². The zero-order valence-electron chi connectivity index (χ0n) is 27.6. The molecule has 0 aromatic carbocycles. The molecule has 4 heteroatoms. The Hall–Kier alpha value is -1.06. The number of amides is 2. The quantitative estimate of drug-likeness (QED) is 0.0797. The van der Waals surface area contributed by atoms with Crippen molar-refractivity contribution >= 4 is 11.8 Å². The molecule has 0 fully saturated rings. The molecule has 0 aliphatic rings. The highest BCUT2D eigenvalue weighted by Crippen LogP contribution is 2.18. The van der Waals surface area contributed by atoms with Gasteiger partial charge in [0.1, 0.15) is 0 Å². The normalized spacial score (nSPS) is 12.9. The first kappa shape index (κ1) is 38.9. The van der Waals surface area contributed by atoms with Crippen LogP contribution in [0.15, 0.2) is 0 Å². The van der Waals surface area contributed by atoms with E-state index in [0.29, 0.717) is 6.42 Å². The number of nitrogens with one attached hydrogen (secondary N) is 1. The number of hydrogen-bond acceptors (Lipinski definition) is 2. The number of carbonyl (C=O) groups is 2. The summed E-state index contributed by atoms with van der Waals surface area (Å²) in [6.07, 6.45) is 36.9. The SMILES string of the molecule is CCCCCCCCCCCCCCCCC(C(N)=O)C(C)NC(=O)CCCCCCCCCCCCCCC. The van der Waals surface area contributed by atoms with E-state index >= 15 is 0 Å². The van der Waals surface area contributed by atoms with Crippen LogP contribution in [-0.4, -0.2) is 17.9 Å². The first-order chi connectivity index (χ1) is 19.5. The zero-order valence-corrected chi connectivity index (χ0v) is 27.6. The highest BCUT2D eigenvalue weighted by Gasteiger charge is 2.23. The average molecular weight is 565 g/mol. The molecule has 238 valence electrons. The second kappa shape index (κ2) is 30.9. The van der Waals surface area contributed by atoms with E-state index in [0.717, 1.165) is 32.1 Å². The van der Waals surface area contributed by atoms with E-state index in [2.05, 4.69) is 19.2 Å². The van der Waals surface area contributed by atoms with Gasteiger partial charge in [0.15, 0.2) is 0 Å². The van der Waals surface area contributed by atoms with Gasteiger partial charge in [-0.3, -0.25) is 9.59 Å². The summed E-state index contributed by atoms with van der Waals surface area (Å²) in [6, 6.07) is -0.172. The number of carbonyl (C=O) groups excluding carboxylic acids is 2. The van der Waals surface area contributed by atoms with Crippen molar-refractivity contribution in [3.63, 3.8) is 0 Å². The molecule has 0 saturated heterocycles. The van der Waals surface area contributed by atoms with Crippen LogP contribution in [0, 0.1) is 5.92 Å². The van der Waals surface area contributed by atoms with Gasteiger partial charge >= 0.3 is 0 Å². The fourth-order valence-electron chi connectivity index (χ4n) is 5.93. The number of nitrogens with two attached hydrogens (primary N) is 1. The van der Waals surface area contributed by atoms with Gasteiger partial charge in [0.2, 0.25) is 11.8 Å². The maximum Gasteiger partial charge on any atom is 0.222 e.